The Hall–Kier alpha value is -3.32. The molecule has 0 amide bonds. The maximum absolute atomic E-state index is 13.1. The van der Waals surface area contributed by atoms with Crippen LogP contribution in [0.2, 0.25) is 0 Å². The molecule has 0 aliphatic carbocycles. The molecular formula is C24H27FN4O2. The number of halogens is 1. The van der Waals surface area contributed by atoms with Crippen LogP contribution in [-0.4, -0.2) is 33.4 Å². The number of aromatic nitrogens is 2. The molecule has 0 spiro atoms. The van der Waals surface area contributed by atoms with Gasteiger partial charge in [-0.25, -0.2) is 9.37 Å². The molecule has 2 unspecified atom stereocenters. The normalized spacial score (nSPS) is 12.9. The molecule has 31 heavy (non-hydrogen) atoms. The Bertz CT molecular complexity index is 1050. The average molecular weight is 423 g/mol. The molecule has 1 aromatic heterocycles. The third kappa shape index (κ3) is 6.33. The van der Waals surface area contributed by atoms with Crippen LogP contribution >= 0.6 is 0 Å². The third-order valence-corrected chi connectivity index (χ3v) is 5.16. The van der Waals surface area contributed by atoms with Gasteiger partial charge in [0.05, 0.1) is 17.7 Å². The summed E-state index contributed by atoms with van der Waals surface area (Å²) in [5, 5.41) is 21.0. The lowest BCUT2D eigenvalue weighted by Crippen LogP contribution is -2.34. The Kier molecular flexibility index (Phi) is 7.67. The Balaban J connectivity index is 1.76. The van der Waals surface area contributed by atoms with Gasteiger partial charge in [-0.2, -0.15) is 0 Å². The lowest BCUT2D eigenvalue weighted by atomic mass is 10.0. The van der Waals surface area contributed by atoms with Crippen molar-refractivity contribution in [3.05, 3.63) is 93.3 Å². The largest absolute Gasteiger partial charge is 0.391 e. The lowest BCUT2D eigenvalue weighted by molar-refractivity contribution is 0.166. The zero-order valence-electron chi connectivity index (χ0n) is 17.4. The summed E-state index contributed by atoms with van der Waals surface area (Å²) in [7, 11) is 0. The Morgan fingerprint density at radius 1 is 1.16 bits per heavy atom. The number of H-pyrrole nitrogens is 1. The van der Waals surface area contributed by atoms with E-state index < -0.39 is 11.7 Å². The minimum Gasteiger partial charge on any atom is -0.391 e. The highest BCUT2D eigenvalue weighted by atomic mass is 19.1. The monoisotopic (exact) mass is 422 g/mol. The topological polar surface area (TPSA) is 102 Å². The number of aryl methyl sites for hydroxylation is 1. The molecular weight excluding hydrogens is 395 g/mol. The first-order valence-corrected chi connectivity index (χ1v) is 10.3. The number of nitrogens with zero attached hydrogens (tertiary/aromatic N) is 1. The summed E-state index contributed by atoms with van der Waals surface area (Å²) in [6.07, 6.45) is 3.00. The fourth-order valence-corrected chi connectivity index (χ4v) is 3.43. The molecule has 7 heteroatoms. The van der Waals surface area contributed by atoms with Gasteiger partial charge in [-0.3, -0.25) is 4.79 Å². The first-order valence-electron chi connectivity index (χ1n) is 10.3. The zero-order valence-corrected chi connectivity index (χ0v) is 17.4. The minimum atomic E-state index is -0.670. The van der Waals surface area contributed by atoms with E-state index in [0.717, 1.165) is 24.6 Å². The SMILES string of the molecule is CC(O)C(CCCc1ccccc1)Nc1nc(Cc2ccc(F)cc2)[nH]c(=O)c1C=N. The molecule has 162 valence electrons. The fraction of sp³-hybridized carbons (Fsp3) is 0.292. The quantitative estimate of drug-likeness (QED) is 0.374. The van der Waals surface area contributed by atoms with Crippen LogP contribution in [0.5, 0.6) is 0 Å². The van der Waals surface area contributed by atoms with Crippen molar-refractivity contribution in [2.24, 2.45) is 0 Å². The van der Waals surface area contributed by atoms with Crippen LogP contribution in [0.25, 0.3) is 0 Å². The molecule has 3 rings (SSSR count). The van der Waals surface area contributed by atoms with Crippen molar-refractivity contribution in [3.63, 3.8) is 0 Å². The second-order valence-corrected chi connectivity index (χ2v) is 7.59. The van der Waals surface area contributed by atoms with Crippen LogP contribution in [0, 0.1) is 11.2 Å². The van der Waals surface area contributed by atoms with Crippen LogP contribution in [0.3, 0.4) is 0 Å². The molecule has 0 bridgehead atoms. The van der Waals surface area contributed by atoms with Gasteiger partial charge in [0, 0.05) is 12.6 Å². The van der Waals surface area contributed by atoms with Crippen molar-refractivity contribution in [1.82, 2.24) is 9.97 Å². The number of anilines is 1. The van der Waals surface area contributed by atoms with E-state index in [4.69, 9.17) is 5.41 Å². The van der Waals surface area contributed by atoms with E-state index >= 15 is 0 Å². The molecule has 0 radical (unpaired) electrons. The molecule has 0 fully saturated rings. The smallest absolute Gasteiger partial charge is 0.261 e. The maximum atomic E-state index is 13.1. The van der Waals surface area contributed by atoms with E-state index in [9.17, 15) is 14.3 Å². The summed E-state index contributed by atoms with van der Waals surface area (Å²) in [4.78, 5) is 19.6. The standard InChI is InChI=1S/C24H27FN4O2/c1-16(30)21(9-5-8-17-6-3-2-4-7-17)27-23-20(15-26)24(31)29-22(28-23)14-18-10-12-19(25)13-11-18/h2-4,6-7,10-13,15-16,21,26,30H,5,8-9,14H2,1H3,(H2,27,28,29,31). The number of hydrogen-bond donors (Lipinski definition) is 4. The van der Waals surface area contributed by atoms with Gasteiger partial charge in [-0.15, -0.1) is 0 Å². The molecule has 0 aliphatic heterocycles. The molecule has 2 atom stereocenters. The van der Waals surface area contributed by atoms with Crippen molar-refractivity contribution in [2.75, 3.05) is 5.32 Å². The van der Waals surface area contributed by atoms with Crippen molar-refractivity contribution in [1.29, 1.82) is 5.41 Å². The minimum absolute atomic E-state index is 0.108. The van der Waals surface area contributed by atoms with Crippen molar-refractivity contribution < 1.29 is 9.50 Å². The van der Waals surface area contributed by atoms with Crippen molar-refractivity contribution in [3.8, 4) is 0 Å². The fourth-order valence-electron chi connectivity index (χ4n) is 3.43. The number of aliphatic hydroxyl groups excluding tert-OH is 1. The Labute approximate surface area is 180 Å². The van der Waals surface area contributed by atoms with Gasteiger partial charge >= 0.3 is 0 Å². The van der Waals surface area contributed by atoms with Crippen molar-refractivity contribution >= 4 is 12.0 Å². The van der Waals surface area contributed by atoms with Gasteiger partial charge in [0.2, 0.25) is 0 Å². The highest BCUT2D eigenvalue weighted by Crippen LogP contribution is 2.16. The second-order valence-electron chi connectivity index (χ2n) is 7.59. The number of aromatic amines is 1. The molecule has 4 N–H and O–H groups in total. The van der Waals surface area contributed by atoms with Crippen LogP contribution < -0.4 is 10.9 Å². The van der Waals surface area contributed by atoms with Crippen LogP contribution in [0.4, 0.5) is 10.2 Å². The molecule has 6 nitrogen and oxygen atoms in total. The summed E-state index contributed by atoms with van der Waals surface area (Å²) in [6.45, 7) is 1.69. The van der Waals surface area contributed by atoms with Gasteiger partial charge in [0.25, 0.3) is 5.56 Å². The summed E-state index contributed by atoms with van der Waals surface area (Å²) in [5.74, 6) is 0.335. The first kappa shape index (κ1) is 22.4. The second kappa shape index (κ2) is 10.6. The number of aliphatic hydroxyl groups is 1. The number of hydrogen-bond acceptors (Lipinski definition) is 5. The summed E-state index contributed by atoms with van der Waals surface area (Å²) in [6, 6.07) is 15.8. The van der Waals surface area contributed by atoms with Gasteiger partial charge in [-0.1, -0.05) is 42.5 Å². The molecule has 0 saturated heterocycles. The third-order valence-electron chi connectivity index (χ3n) is 5.16. The molecule has 3 aromatic rings. The molecule has 2 aromatic carbocycles. The summed E-state index contributed by atoms with van der Waals surface area (Å²) in [5.41, 5.74) is 1.70. The Morgan fingerprint density at radius 2 is 1.87 bits per heavy atom. The number of rotatable bonds is 10. The van der Waals surface area contributed by atoms with Crippen molar-refractivity contribution in [2.45, 2.75) is 44.8 Å². The predicted molar refractivity (Wildman–Crippen MR) is 120 cm³/mol. The summed E-state index contributed by atoms with van der Waals surface area (Å²) >= 11 is 0. The first-order chi connectivity index (χ1) is 15.0. The van der Waals surface area contributed by atoms with E-state index in [-0.39, 0.29) is 23.2 Å². The van der Waals surface area contributed by atoms with Crippen LogP contribution in [0.15, 0.2) is 59.4 Å². The van der Waals surface area contributed by atoms with Gasteiger partial charge in [0.1, 0.15) is 17.5 Å². The predicted octanol–water partition coefficient (Wildman–Crippen LogP) is 3.68. The lowest BCUT2D eigenvalue weighted by Gasteiger charge is -2.23. The van der Waals surface area contributed by atoms with E-state index in [1.807, 2.05) is 18.2 Å². The highest BCUT2D eigenvalue weighted by molar-refractivity contribution is 5.83. The van der Waals surface area contributed by atoms with E-state index in [0.29, 0.717) is 18.7 Å². The highest BCUT2D eigenvalue weighted by Gasteiger charge is 2.19. The molecule has 1 heterocycles. The number of nitrogens with one attached hydrogen (secondary N) is 3. The zero-order chi connectivity index (χ0) is 22.2. The summed E-state index contributed by atoms with van der Waals surface area (Å²) < 4.78 is 13.1. The number of benzene rings is 2. The average Bonchev–Trinajstić information content (AvgIpc) is 2.75. The Morgan fingerprint density at radius 3 is 2.52 bits per heavy atom. The van der Waals surface area contributed by atoms with E-state index in [2.05, 4.69) is 27.4 Å². The molecule has 0 saturated carbocycles. The molecule has 0 aliphatic rings. The maximum Gasteiger partial charge on any atom is 0.261 e. The van der Waals surface area contributed by atoms with Gasteiger partial charge in [-0.05, 0) is 49.4 Å². The van der Waals surface area contributed by atoms with E-state index in [1.54, 1.807) is 19.1 Å². The van der Waals surface area contributed by atoms with Gasteiger partial charge < -0.3 is 20.8 Å². The van der Waals surface area contributed by atoms with Gasteiger partial charge in [0.15, 0.2) is 0 Å². The van der Waals surface area contributed by atoms with Crippen LogP contribution in [-0.2, 0) is 12.8 Å². The van der Waals surface area contributed by atoms with E-state index in [1.165, 1.54) is 17.7 Å². The van der Waals surface area contributed by atoms with Crippen LogP contribution in [0.1, 0.15) is 42.3 Å².